The van der Waals surface area contributed by atoms with Crippen LogP contribution in [0.15, 0.2) is 42.5 Å². The van der Waals surface area contributed by atoms with E-state index in [1.165, 1.54) is 0 Å². The van der Waals surface area contributed by atoms with Crippen LogP contribution in [0.2, 0.25) is 0 Å². The lowest BCUT2D eigenvalue weighted by Crippen LogP contribution is -2.33. The molecule has 2 atom stereocenters. The summed E-state index contributed by atoms with van der Waals surface area (Å²) >= 11 is 0. The molecule has 4 N–H and O–H groups in total. The minimum atomic E-state index is -0.146. The van der Waals surface area contributed by atoms with Gasteiger partial charge in [-0.05, 0) is 36.6 Å². The van der Waals surface area contributed by atoms with E-state index in [1.54, 1.807) is 0 Å². The molecular weight excluding hydrogens is 262 g/mol. The predicted octanol–water partition coefficient (Wildman–Crippen LogP) is 3.09. The quantitative estimate of drug-likeness (QED) is 0.810. The molecule has 1 aliphatic carbocycles. The molecule has 3 rings (SSSR count). The number of benzene rings is 2. The maximum atomic E-state index is 12.0. The van der Waals surface area contributed by atoms with Crippen LogP contribution in [0.4, 0.5) is 10.5 Å². The van der Waals surface area contributed by atoms with Crippen LogP contribution >= 0.6 is 0 Å². The van der Waals surface area contributed by atoms with E-state index in [0.29, 0.717) is 18.5 Å². The molecule has 0 bridgehead atoms. The lowest BCUT2D eigenvalue weighted by molar-refractivity contribution is 0.250. The summed E-state index contributed by atoms with van der Waals surface area (Å²) in [5.41, 5.74) is 6.73. The molecule has 0 aromatic heterocycles. The van der Waals surface area contributed by atoms with Gasteiger partial charge in [0, 0.05) is 18.0 Å². The standard InChI is InChI=1S/C17H21N3O/c18-14-9-8-12(10-14)11-19-17(21)20-16-7-3-5-13-4-1-2-6-15(13)16/h1-7,12,14H,8-11,18H2,(H2,19,20,21). The van der Waals surface area contributed by atoms with Gasteiger partial charge in [0.05, 0.1) is 5.69 Å². The normalized spacial score (nSPS) is 21.4. The van der Waals surface area contributed by atoms with Gasteiger partial charge in [-0.3, -0.25) is 0 Å². The molecule has 2 aromatic carbocycles. The first kappa shape index (κ1) is 13.9. The molecule has 0 heterocycles. The van der Waals surface area contributed by atoms with Gasteiger partial charge < -0.3 is 16.4 Å². The summed E-state index contributed by atoms with van der Waals surface area (Å²) in [7, 11) is 0. The number of anilines is 1. The van der Waals surface area contributed by atoms with E-state index in [1.807, 2.05) is 42.5 Å². The molecule has 2 amide bonds. The van der Waals surface area contributed by atoms with Crippen LogP contribution < -0.4 is 16.4 Å². The molecule has 21 heavy (non-hydrogen) atoms. The first-order chi connectivity index (χ1) is 10.2. The molecular formula is C17H21N3O. The highest BCUT2D eigenvalue weighted by Gasteiger charge is 2.21. The summed E-state index contributed by atoms with van der Waals surface area (Å²) in [5.74, 6) is 0.512. The number of amides is 2. The molecule has 0 aliphatic heterocycles. The fourth-order valence-electron chi connectivity index (χ4n) is 3.04. The van der Waals surface area contributed by atoms with Crippen LogP contribution in [0.3, 0.4) is 0 Å². The van der Waals surface area contributed by atoms with E-state index < -0.39 is 0 Å². The number of carbonyl (C=O) groups is 1. The van der Waals surface area contributed by atoms with Crippen molar-refractivity contribution >= 4 is 22.5 Å². The highest BCUT2D eigenvalue weighted by molar-refractivity contribution is 6.01. The van der Waals surface area contributed by atoms with Gasteiger partial charge in [-0.15, -0.1) is 0 Å². The Balaban J connectivity index is 1.61. The number of urea groups is 1. The van der Waals surface area contributed by atoms with Crippen molar-refractivity contribution in [1.82, 2.24) is 5.32 Å². The Hall–Kier alpha value is -2.07. The SMILES string of the molecule is NC1CCC(CNC(=O)Nc2cccc3ccccc23)C1. The Kier molecular flexibility index (Phi) is 4.06. The summed E-state index contributed by atoms with van der Waals surface area (Å²) in [4.78, 5) is 12.0. The second-order valence-electron chi connectivity index (χ2n) is 5.80. The number of nitrogens with one attached hydrogen (secondary N) is 2. The minimum absolute atomic E-state index is 0.146. The van der Waals surface area contributed by atoms with E-state index in [4.69, 9.17) is 5.73 Å². The first-order valence-corrected chi connectivity index (χ1v) is 7.50. The molecule has 1 aliphatic rings. The number of hydrogen-bond donors (Lipinski definition) is 3. The topological polar surface area (TPSA) is 67.1 Å². The predicted molar refractivity (Wildman–Crippen MR) is 86.3 cm³/mol. The highest BCUT2D eigenvalue weighted by atomic mass is 16.2. The molecule has 0 radical (unpaired) electrons. The highest BCUT2D eigenvalue weighted by Crippen LogP contribution is 2.24. The first-order valence-electron chi connectivity index (χ1n) is 7.50. The summed E-state index contributed by atoms with van der Waals surface area (Å²) in [6.07, 6.45) is 3.18. The summed E-state index contributed by atoms with van der Waals surface area (Å²) in [6, 6.07) is 14.1. The Morgan fingerprint density at radius 1 is 1.14 bits per heavy atom. The number of fused-ring (bicyclic) bond motifs is 1. The third kappa shape index (κ3) is 3.34. The van der Waals surface area contributed by atoms with Crippen LogP contribution in [0.5, 0.6) is 0 Å². The van der Waals surface area contributed by atoms with Crippen molar-refractivity contribution in [2.75, 3.05) is 11.9 Å². The Morgan fingerprint density at radius 3 is 2.76 bits per heavy atom. The van der Waals surface area contributed by atoms with E-state index in [-0.39, 0.29) is 6.03 Å². The number of nitrogens with two attached hydrogens (primary N) is 1. The molecule has 4 heteroatoms. The summed E-state index contributed by atoms with van der Waals surface area (Å²) in [5, 5.41) is 8.07. The number of hydrogen-bond acceptors (Lipinski definition) is 2. The van der Waals surface area contributed by atoms with Crippen molar-refractivity contribution in [3.8, 4) is 0 Å². The van der Waals surface area contributed by atoms with Gasteiger partial charge in [0.2, 0.25) is 0 Å². The Bertz CT molecular complexity index is 635. The fraction of sp³-hybridized carbons (Fsp3) is 0.353. The van der Waals surface area contributed by atoms with Crippen molar-refractivity contribution in [2.24, 2.45) is 11.7 Å². The summed E-state index contributed by atoms with van der Waals surface area (Å²) < 4.78 is 0. The second kappa shape index (κ2) is 6.14. The van der Waals surface area contributed by atoms with Gasteiger partial charge in [0.25, 0.3) is 0 Å². The second-order valence-corrected chi connectivity index (χ2v) is 5.80. The molecule has 1 fully saturated rings. The Morgan fingerprint density at radius 2 is 1.95 bits per heavy atom. The van der Waals surface area contributed by atoms with Crippen LogP contribution in [-0.2, 0) is 0 Å². The van der Waals surface area contributed by atoms with Gasteiger partial charge in [0.15, 0.2) is 0 Å². The van der Waals surface area contributed by atoms with Crippen molar-refractivity contribution < 1.29 is 4.79 Å². The van der Waals surface area contributed by atoms with Crippen LogP contribution in [0, 0.1) is 5.92 Å². The van der Waals surface area contributed by atoms with Gasteiger partial charge >= 0.3 is 6.03 Å². The zero-order chi connectivity index (χ0) is 14.7. The zero-order valence-electron chi connectivity index (χ0n) is 12.0. The van der Waals surface area contributed by atoms with Crippen LogP contribution in [0.25, 0.3) is 10.8 Å². The van der Waals surface area contributed by atoms with Crippen molar-refractivity contribution in [3.63, 3.8) is 0 Å². The van der Waals surface area contributed by atoms with E-state index in [0.717, 1.165) is 35.7 Å². The number of rotatable bonds is 3. The average Bonchev–Trinajstić information content (AvgIpc) is 2.91. The van der Waals surface area contributed by atoms with Crippen LogP contribution in [0.1, 0.15) is 19.3 Å². The van der Waals surface area contributed by atoms with E-state index in [2.05, 4.69) is 10.6 Å². The third-order valence-electron chi connectivity index (χ3n) is 4.17. The molecule has 0 saturated heterocycles. The number of carbonyl (C=O) groups excluding carboxylic acids is 1. The lowest BCUT2D eigenvalue weighted by Gasteiger charge is -2.13. The third-order valence-corrected chi connectivity index (χ3v) is 4.17. The van der Waals surface area contributed by atoms with Crippen molar-refractivity contribution in [3.05, 3.63) is 42.5 Å². The zero-order valence-corrected chi connectivity index (χ0v) is 12.0. The molecule has 2 aromatic rings. The maximum Gasteiger partial charge on any atom is 0.319 e. The van der Waals surface area contributed by atoms with E-state index in [9.17, 15) is 4.79 Å². The monoisotopic (exact) mass is 283 g/mol. The Labute approximate surface area is 124 Å². The van der Waals surface area contributed by atoms with Gasteiger partial charge in [-0.1, -0.05) is 36.4 Å². The largest absolute Gasteiger partial charge is 0.338 e. The van der Waals surface area contributed by atoms with Gasteiger partial charge in [-0.25, -0.2) is 4.79 Å². The average molecular weight is 283 g/mol. The van der Waals surface area contributed by atoms with Crippen molar-refractivity contribution in [1.29, 1.82) is 0 Å². The molecule has 2 unspecified atom stereocenters. The molecule has 110 valence electrons. The van der Waals surface area contributed by atoms with E-state index >= 15 is 0 Å². The van der Waals surface area contributed by atoms with Crippen LogP contribution in [-0.4, -0.2) is 18.6 Å². The lowest BCUT2D eigenvalue weighted by atomic mass is 10.1. The molecule has 1 saturated carbocycles. The maximum absolute atomic E-state index is 12.0. The fourth-order valence-corrected chi connectivity index (χ4v) is 3.04. The van der Waals surface area contributed by atoms with Gasteiger partial charge in [-0.2, -0.15) is 0 Å². The van der Waals surface area contributed by atoms with Gasteiger partial charge in [0.1, 0.15) is 0 Å². The summed E-state index contributed by atoms with van der Waals surface area (Å²) in [6.45, 7) is 0.699. The minimum Gasteiger partial charge on any atom is -0.338 e. The molecule has 4 nitrogen and oxygen atoms in total. The molecule has 0 spiro atoms. The smallest absolute Gasteiger partial charge is 0.319 e. The van der Waals surface area contributed by atoms with Crippen molar-refractivity contribution in [2.45, 2.75) is 25.3 Å².